The van der Waals surface area contributed by atoms with Crippen LogP contribution in [0.3, 0.4) is 0 Å². The summed E-state index contributed by atoms with van der Waals surface area (Å²) in [6, 6.07) is 15.9. The van der Waals surface area contributed by atoms with E-state index in [0.717, 1.165) is 36.2 Å². The van der Waals surface area contributed by atoms with Crippen LogP contribution in [0.15, 0.2) is 72.8 Å². The predicted molar refractivity (Wildman–Crippen MR) is 116 cm³/mol. The molecule has 2 aromatic rings. The molecule has 4 heteroatoms. The van der Waals surface area contributed by atoms with E-state index in [2.05, 4.69) is 12.2 Å². The van der Waals surface area contributed by atoms with Gasteiger partial charge in [0.2, 0.25) is 0 Å². The Morgan fingerprint density at radius 1 is 0.967 bits per heavy atom. The van der Waals surface area contributed by atoms with Crippen LogP contribution in [0.25, 0.3) is 6.08 Å². The summed E-state index contributed by atoms with van der Waals surface area (Å²) in [7, 11) is 0. The fraction of sp³-hybridized carbons (Fsp3) is 0.308. The third kappa shape index (κ3) is 5.26. The molecule has 2 aliphatic rings. The second-order valence-electron chi connectivity index (χ2n) is 8.01. The van der Waals surface area contributed by atoms with Crippen LogP contribution in [-0.2, 0) is 9.53 Å². The van der Waals surface area contributed by atoms with Gasteiger partial charge in [-0.2, -0.15) is 0 Å². The minimum absolute atomic E-state index is 0.338. The highest BCUT2D eigenvalue weighted by Crippen LogP contribution is 2.45. The highest BCUT2D eigenvalue weighted by Gasteiger charge is 2.34. The topological polar surface area (TPSA) is 52.6 Å². The molecule has 0 amide bonds. The van der Waals surface area contributed by atoms with Crippen molar-refractivity contribution >= 4 is 18.0 Å². The number of rotatable bonds is 8. The fourth-order valence-electron chi connectivity index (χ4n) is 4.34. The van der Waals surface area contributed by atoms with Crippen LogP contribution in [0.1, 0.15) is 41.6 Å². The molecule has 0 N–H and O–H groups in total. The summed E-state index contributed by atoms with van der Waals surface area (Å²) < 4.78 is 10.6. The standard InChI is InChI=1S/C26H26O4/c27-25(29-16-4-5-22-17-20-10-14-23(22)18-20)15-11-19-8-12-21(13-9-19)26(28)30-24-6-2-1-3-7-24/h1-3,6-15,20,22-23H,4-5,16-18H2. The summed E-state index contributed by atoms with van der Waals surface area (Å²) in [4.78, 5) is 24.1. The smallest absolute Gasteiger partial charge is 0.343 e. The van der Waals surface area contributed by atoms with E-state index in [1.54, 1.807) is 42.5 Å². The van der Waals surface area contributed by atoms with Gasteiger partial charge in [-0.05, 0) is 79.3 Å². The van der Waals surface area contributed by atoms with Crippen LogP contribution in [0.2, 0.25) is 0 Å². The third-order valence-electron chi connectivity index (χ3n) is 5.89. The van der Waals surface area contributed by atoms with Gasteiger partial charge in [-0.1, -0.05) is 42.5 Å². The number of ether oxygens (including phenoxy) is 2. The molecule has 4 nitrogen and oxygen atoms in total. The van der Waals surface area contributed by atoms with Crippen molar-refractivity contribution in [1.29, 1.82) is 0 Å². The van der Waals surface area contributed by atoms with E-state index in [4.69, 9.17) is 9.47 Å². The molecule has 2 aliphatic carbocycles. The van der Waals surface area contributed by atoms with E-state index in [1.165, 1.54) is 18.9 Å². The predicted octanol–water partition coefficient (Wildman–Crippen LogP) is 5.45. The molecule has 3 unspecified atom stereocenters. The number of benzene rings is 2. The number of hydrogen-bond acceptors (Lipinski definition) is 4. The van der Waals surface area contributed by atoms with Gasteiger partial charge in [-0.25, -0.2) is 9.59 Å². The summed E-state index contributed by atoms with van der Waals surface area (Å²) in [6.07, 6.45) is 12.5. The second kappa shape index (κ2) is 9.57. The number of carbonyl (C=O) groups is 2. The van der Waals surface area contributed by atoms with E-state index in [0.29, 0.717) is 17.9 Å². The molecule has 2 bridgehead atoms. The molecule has 3 atom stereocenters. The fourth-order valence-corrected chi connectivity index (χ4v) is 4.34. The van der Waals surface area contributed by atoms with Crippen LogP contribution in [0, 0.1) is 17.8 Å². The molecule has 1 fully saturated rings. The molecule has 0 heterocycles. The van der Waals surface area contributed by atoms with Crippen LogP contribution in [-0.4, -0.2) is 18.5 Å². The Morgan fingerprint density at radius 3 is 2.47 bits per heavy atom. The normalized spacial score (nSPS) is 21.8. The maximum absolute atomic E-state index is 12.2. The summed E-state index contributed by atoms with van der Waals surface area (Å²) in [6.45, 7) is 0.463. The number of allylic oxidation sites excluding steroid dienone is 2. The lowest BCUT2D eigenvalue weighted by Gasteiger charge is -2.17. The molecule has 30 heavy (non-hydrogen) atoms. The molecular formula is C26H26O4. The zero-order chi connectivity index (χ0) is 20.8. The molecule has 0 aliphatic heterocycles. The van der Waals surface area contributed by atoms with Crippen LogP contribution >= 0.6 is 0 Å². The first kappa shape index (κ1) is 20.1. The lowest BCUT2D eigenvalue weighted by Crippen LogP contribution is -2.09. The summed E-state index contributed by atoms with van der Waals surface area (Å²) in [5, 5.41) is 0. The summed E-state index contributed by atoms with van der Waals surface area (Å²) in [5.74, 6) is 2.06. The average Bonchev–Trinajstić information content (AvgIpc) is 3.40. The molecule has 0 saturated heterocycles. The van der Waals surface area contributed by atoms with Crippen LogP contribution in [0.4, 0.5) is 0 Å². The number of hydrogen-bond donors (Lipinski definition) is 0. The average molecular weight is 402 g/mol. The largest absolute Gasteiger partial charge is 0.463 e. The highest BCUT2D eigenvalue weighted by atomic mass is 16.5. The first-order valence-electron chi connectivity index (χ1n) is 10.6. The minimum atomic E-state index is -0.415. The molecule has 1 saturated carbocycles. The van der Waals surface area contributed by atoms with Crippen LogP contribution < -0.4 is 4.74 Å². The van der Waals surface area contributed by atoms with E-state index in [-0.39, 0.29) is 5.97 Å². The second-order valence-corrected chi connectivity index (χ2v) is 8.01. The Hall–Kier alpha value is -3.14. The Morgan fingerprint density at radius 2 is 1.77 bits per heavy atom. The third-order valence-corrected chi connectivity index (χ3v) is 5.89. The maximum Gasteiger partial charge on any atom is 0.343 e. The number of para-hydroxylation sites is 1. The number of esters is 2. The van der Waals surface area contributed by atoms with Crippen molar-refractivity contribution in [3.05, 3.63) is 84.0 Å². The van der Waals surface area contributed by atoms with Gasteiger partial charge in [-0.15, -0.1) is 0 Å². The number of fused-ring (bicyclic) bond motifs is 2. The van der Waals surface area contributed by atoms with Crippen molar-refractivity contribution < 1.29 is 19.1 Å². The van der Waals surface area contributed by atoms with Crippen molar-refractivity contribution in [2.24, 2.45) is 17.8 Å². The summed E-state index contributed by atoms with van der Waals surface area (Å²) in [5.41, 5.74) is 1.27. The molecule has 2 aromatic carbocycles. The Bertz CT molecular complexity index is 927. The van der Waals surface area contributed by atoms with Gasteiger partial charge in [0.1, 0.15) is 5.75 Å². The van der Waals surface area contributed by atoms with E-state index < -0.39 is 5.97 Å². The summed E-state index contributed by atoms with van der Waals surface area (Å²) >= 11 is 0. The van der Waals surface area contributed by atoms with Crippen molar-refractivity contribution in [3.63, 3.8) is 0 Å². The molecule has 4 rings (SSSR count). The van der Waals surface area contributed by atoms with Gasteiger partial charge in [0.15, 0.2) is 0 Å². The maximum atomic E-state index is 12.2. The zero-order valence-corrected chi connectivity index (χ0v) is 16.9. The lowest BCUT2D eigenvalue weighted by atomic mass is 9.89. The Labute approximate surface area is 177 Å². The molecule has 0 radical (unpaired) electrons. The Balaban J connectivity index is 1.18. The van der Waals surface area contributed by atoms with Gasteiger partial charge in [0.05, 0.1) is 12.2 Å². The van der Waals surface area contributed by atoms with Crippen LogP contribution in [0.5, 0.6) is 5.75 Å². The quantitative estimate of drug-likeness (QED) is 0.194. The van der Waals surface area contributed by atoms with Crippen molar-refractivity contribution in [1.82, 2.24) is 0 Å². The van der Waals surface area contributed by atoms with Gasteiger partial charge < -0.3 is 9.47 Å². The van der Waals surface area contributed by atoms with Gasteiger partial charge in [0, 0.05) is 6.08 Å². The van der Waals surface area contributed by atoms with E-state index in [1.807, 2.05) is 18.2 Å². The molecular weight excluding hydrogens is 376 g/mol. The van der Waals surface area contributed by atoms with Gasteiger partial charge in [-0.3, -0.25) is 0 Å². The highest BCUT2D eigenvalue weighted by molar-refractivity contribution is 5.91. The van der Waals surface area contributed by atoms with Crippen molar-refractivity contribution in [3.8, 4) is 5.75 Å². The molecule has 0 spiro atoms. The first-order chi connectivity index (χ1) is 14.7. The molecule has 154 valence electrons. The van der Waals surface area contributed by atoms with Crippen molar-refractivity contribution in [2.45, 2.75) is 25.7 Å². The van der Waals surface area contributed by atoms with Gasteiger partial charge in [0.25, 0.3) is 0 Å². The van der Waals surface area contributed by atoms with Gasteiger partial charge >= 0.3 is 11.9 Å². The zero-order valence-electron chi connectivity index (χ0n) is 16.9. The first-order valence-corrected chi connectivity index (χ1v) is 10.6. The number of carbonyl (C=O) groups excluding carboxylic acids is 2. The van der Waals surface area contributed by atoms with Crippen molar-refractivity contribution in [2.75, 3.05) is 6.61 Å². The Kier molecular flexibility index (Phi) is 6.43. The minimum Gasteiger partial charge on any atom is -0.463 e. The van der Waals surface area contributed by atoms with E-state index in [9.17, 15) is 9.59 Å². The lowest BCUT2D eigenvalue weighted by molar-refractivity contribution is -0.137. The molecule has 0 aromatic heterocycles. The SMILES string of the molecule is O=C(C=Cc1ccc(C(=O)Oc2ccccc2)cc1)OCCCC1CC2C=CC1C2. The van der Waals surface area contributed by atoms with E-state index >= 15 is 0 Å². The monoisotopic (exact) mass is 402 g/mol.